The lowest BCUT2D eigenvalue weighted by Crippen LogP contribution is -2.49. The molecule has 0 N–H and O–H groups in total. The molecule has 144 valence electrons. The highest BCUT2D eigenvalue weighted by atomic mass is 16.5. The van der Waals surface area contributed by atoms with Crippen molar-refractivity contribution in [2.45, 2.75) is 54.4 Å². The van der Waals surface area contributed by atoms with Crippen molar-refractivity contribution in [3.8, 4) is 11.5 Å². The first-order valence-electron chi connectivity index (χ1n) is 9.86. The highest BCUT2D eigenvalue weighted by Crippen LogP contribution is 2.22. The van der Waals surface area contributed by atoms with E-state index in [-0.39, 0.29) is 6.71 Å². The Morgan fingerprint density at radius 3 is 1.41 bits per heavy atom. The lowest BCUT2D eigenvalue weighted by Gasteiger charge is -2.26. The minimum Gasteiger partial charge on any atom is -0.497 e. The molecule has 0 bridgehead atoms. The fourth-order valence-corrected chi connectivity index (χ4v) is 4.26. The highest BCUT2D eigenvalue weighted by molar-refractivity contribution is 6.92. The summed E-state index contributed by atoms with van der Waals surface area (Å²) in [7, 11) is 3.47. The van der Waals surface area contributed by atoms with Crippen molar-refractivity contribution in [1.82, 2.24) is 0 Å². The van der Waals surface area contributed by atoms with Gasteiger partial charge in [-0.15, -0.1) is 0 Å². The minimum absolute atomic E-state index is 0.256. The number of benzene rings is 2. The lowest BCUT2D eigenvalue weighted by molar-refractivity contribution is 0.414. The average Bonchev–Trinajstić information content (AvgIpc) is 2.63. The number of aryl methyl sites for hydroxylation is 4. The third kappa shape index (κ3) is 4.40. The number of ether oxygens (including phenoxy) is 2. The van der Waals surface area contributed by atoms with Crippen LogP contribution in [0.25, 0.3) is 0 Å². The van der Waals surface area contributed by atoms with Gasteiger partial charge >= 0.3 is 0 Å². The van der Waals surface area contributed by atoms with Crippen LogP contribution in [0.3, 0.4) is 0 Å². The van der Waals surface area contributed by atoms with Crippen LogP contribution in [-0.2, 0) is 0 Å². The highest BCUT2D eigenvalue weighted by Gasteiger charge is 2.29. The molecule has 0 amide bonds. The monoisotopic (exact) mass is 364 g/mol. The standard InChI is InChI=1S/C24H33BO2/c1-9-11-20(10-2)25(23-16(3)12-21(26-7)13-17(23)4)24-18(5)14-22(27-8)15-19(24)6/h11-15H,9-10H2,1-8H3/b20-11-. The van der Waals surface area contributed by atoms with Crippen molar-refractivity contribution in [2.75, 3.05) is 14.2 Å². The average molecular weight is 364 g/mol. The Hall–Kier alpha value is -2.16. The second kappa shape index (κ2) is 9.17. The normalized spacial score (nSPS) is 11.5. The summed E-state index contributed by atoms with van der Waals surface area (Å²) in [5.41, 5.74) is 9.39. The molecule has 0 saturated carbocycles. The van der Waals surface area contributed by atoms with Crippen LogP contribution in [0.4, 0.5) is 0 Å². The lowest BCUT2D eigenvalue weighted by atomic mass is 9.33. The van der Waals surface area contributed by atoms with Crippen LogP contribution in [0.15, 0.2) is 35.8 Å². The van der Waals surface area contributed by atoms with Crippen molar-refractivity contribution in [2.24, 2.45) is 0 Å². The summed E-state index contributed by atoms with van der Waals surface area (Å²) in [6.07, 6.45) is 4.48. The van der Waals surface area contributed by atoms with Crippen LogP contribution < -0.4 is 20.4 Å². The van der Waals surface area contributed by atoms with Gasteiger partial charge in [0.15, 0.2) is 0 Å². The largest absolute Gasteiger partial charge is 0.497 e. The van der Waals surface area contributed by atoms with Crippen molar-refractivity contribution in [3.05, 3.63) is 58.1 Å². The van der Waals surface area contributed by atoms with E-state index in [9.17, 15) is 0 Å². The number of hydrogen-bond donors (Lipinski definition) is 0. The Balaban J connectivity index is 2.82. The first-order chi connectivity index (χ1) is 12.9. The molecule has 0 unspecified atom stereocenters. The van der Waals surface area contributed by atoms with E-state index in [2.05, 4.69) is 71.9 Å². The molecule has 0 aliphatic carbocycles. The number of allylic oxidation sites excluding steroid dienone is 2. The zero-order valence-corrected chi connectivity index (χ0v) is 18.2. The minimum atomic E-state index is 0.256. The van der Waals surface area contributed by atoms with Gasteiger partial charge in [-0.25, -0.2) is 0 Å². The summed E-state index contributed by atoms with van der Waals surface area (Å²) < 4.78 is 11.0. The van der Waals surface area contributed by atoms with Crippen molar-refractivity contribution in [3.63, 3.8) is 0 Å². The van der Waals surface area contributed by atoms with Crippen molar-refractivity contribution >= 4 is 17.6 Å². The molecular weight excluding hydrogens is 331 g/mol. The molecule has 0 aliphatic rings. The predicted octanol–water partition coefficient (Wildman–Crippen LogP) is 4.83. The molecular formula is C24H33BO2. The second-order valence-electron chi connectivity index (χ2n) is 7.32. The van der Waals surface area contributed by atoms with E-state index in [1.165, 1.54) is 38.7 Å². The van der Waals surface area contributed by atoms with Gasteiger partial charge in [0.05, 0.1) is 14.2 Å². The molecule has 0 atom stereocenters. The summed E-state index contributed by atoms with van der Waals surface area (Å²) in [5.74, 6) is 1.85. The Labute approximate surface area is 165 Å². The van der Waals surface area contributed by atoms with Crippen LogP contribution >= 0.6 is 0 Å². The van der Waals surface area contributed by atoms with Gasteiger partial charge in [0, 0.05) is 0 Å². The van der Waals surface area contributed by atoms with E-state index in [4.69, 9.17) is 9.47 Å². The molecule has 0 saturated heterocycles. The zero-order chi connectivity index (χ0) is 20.1. The molecule has 2 aromatic carbocycles. The fraction of sp³-hybridized carbons (Fsp3) is 0.417. The summed E-state index contributed by atoms with van der Waals surface area (Å²) >= 11 is 0. The Kier molecular flexibility index (Phi) is 7.18. The molecule has 3 heteroatoms. The van der Waals surface area contributed by atoms with Gasteiger partial charge in [-0.2, -0.15) is 0 Å². The SMILES string of the molecule is CC/C=C(/CC)B(c1c(C)cc(OC)cc1C)c1c(C)cc(OC)cc1C. The Morgan fingerprint density at radius 2 is 1.15 bits per heavy atom. The van der Waals surface area contributed by atoms with Gasteiger partial charge in [0.2, 0.25) is 6.71 Å². The molecule has 0 radical (unpaired) electrons. The first-order valence-corrected chi connectivity index (χ1v) is 9.86. The summed E-state index contributed by atoms with van der Waals surface area (Å²) in [6, 6.07) is 8.62. The molecule has 0 aliphatic heterocycles. The predicted molar refractivity (Wildman–Crippen MR) is 119 cm³/mol. The van der Waals surface area contributed by atoms with Crippen LogP contribution in [0.2, 0.25) is 0 Å². The van der Waals surface area contributed by atoms with Crippen LogP contribution in [-0.4, -0.2) is 20.9 Å². The molecule has 0 aromatic heterocycles. The maximum absolute atomic E-state index is 5.50. The number of rotatable bonds is 7. The quantitative estimate of drug-likeness (QED) is 0.655. The smallest absolute Gasteiger partial charge is 0.238 e. The van der Waals surface area contributed by atoms with Gasteiger partial charge in [-0.3, -0.25) is 0 Å². The fourth-order valence-electron chi connectivity index (χ4n) is 4.26. The van der Waals surface area contributed by atoms with Gasteiger partial charge in [-0.1, -0.05) is 58.6 Å². The molecule has 27 heavy (non-hydrogen) atoms. The summed E-state index contributed by atoms with van der Waals surface area (Å²) in [5, 5.41) is 0. The third-order valence-electron chi connectivity index (χ3n) is 5.43. The maximum atomic E-state index is 5.50. The van der Waals surface area contributed by atoms with Crippen LogP contribution in [0, 0.1) is 27.7 Å². The molecule has 0 spiro atoms. The Morgan fingerprint density at radius 1 is 0.778 bits per heavy atom. The zero-order valence-electron chi connectivity index (χ0n) is 18.2. The van der Waals surface area contributed by atoms with Gasteiger partial charge in [0.1, 0.15) is 11.5 Å². The maximum Gasteiger partial charge on any atom is 0.238 e. The molecule has 2 rings (SSSR count). The number of hydrogen-bond acceptors (Lipinski definition) is 2. The van der Waals surface area contributed by atoms with Crippen LogP contribution in [0.1, 0.15) is 48.9 Å². The van der Waals surface area contributed by atoms with Crippen molar-refractivity contribution in [1.29, 1.82) is 0 Å². The van der Waals surface area contributed by atoms with E-state index >= 15 is 0 Å². The van der Waals surface area contributed by atoms with E-state index in [0.29, 0.717) is 0 Å². The molecule has 0 fully saturated rings. The second-order valence-corrected chi connectivity index (χ2v) is 7.32. The third-order valence-corrected chi connectivity index (χ3v) is 5.43. The van der Waals surface area contributed by atoms with E-state index in [1.54, 1.807) is 14.2 Å². The van der Waals surface area contributed by atoms with Crippen molar-refractivity contribution < 1.29 is 9.47 Å². The van der Waals surface area contributed by atoms with Gasteiger partial charge < -0.3 is 9.47 Å². The Bertz CT molecular complexity index is 731. The van der Waals surface area contributed by atoms with E-state index < -0.39 is 0 Å². The van der Waals surface area contributed by atoms with Gasteiger partial charge in [-0.05, 0) is 64.8 Å². The topological polar surface area (TPSA) is 18.5 Å². The van der Waals surface area contributed by atoms with E-state index in [1.807, 2.05) is 0 Å². The first kappa shape index (κ1) is 21.1. The molecule has 2 aromatic rings. The molecule has 0 heterocycles. The van der Waals surface area contributed by atoms with E-state index in [0.717, 1.165) is 24.3 Å². The number of methoxy groups -OCH3 is 2. The summed E-state index contributed by atoms with van der Waals surface area (Å²) in [4.78, 5) is 0. The summed E-state index contributed by atoms with van der Waals surface area (Å²) in [6.45, 7) is 13.5. The molecule has 2 nitrogen and oxygen atoms in total. The van der Waals surface area contributed by atoms with Gasteiger partial charge in [0.25, 0.3) is 0 Å². The van der Waals surface area contributed by atoms with Crippen LogP contribution in [0.5, 0.6) is 11.5 Å².